The van der Waals surface area contributed by atoms with Crippen LogP contribution in [0.5, 0.6) is 0 Å². The van der Waals surface area contributed by atoms with Crippen LogP contribution >= 0.6 is 23.2 Å². The number of fused-ring (bicyclic) bond motifs is 1. The van der Waals surface area contributed by atoms with Crippen LogP contribution in [0.15, 0.2) is 70.1 Å². The molecule has 8 heteroatoms. The van der Waals surface area contributed by atoms with Crippen LogP contribution in [0.2, 0.25) is 10.0 Å². The lowest BCUT2D eigenvalue weighted by Crippen LogP contribution is -2.44. The van der Waals surface area contributed by atoms with Crippen molar-refractivity contribution in [2.24, 2.45) is 9.98 Å². The van der Waals surface area contributed by atoms with E-state index in [1.54, 1.807) is 6.07 Å². The van der Waals surface area contributed by atoms with E-state index in [0.29, 0.717) is 16.6 Å². The van der Waals surface area contributed by atoms with Gasteiger partial charge >= 0.3 is 0 Å². The topological polar surface area (TPSA) is 56.1 Å². The van der Waals surface area contributed by atoms with Crippen LogP contribution in [0.25, 0.3) is 0 Å². The Labute approximate surface area is 198 Å². The lowest BCUT2D eigenvalue weighted by atomic mass is 10.0. The molecule has 0 saturated carbocycles. The Morgan fingerprint density at radius 3 is 2.69 bits per heavy atom. The molecular weight excluding hydrogens is 443 g/mol. The molecule has 3 aliphatic heterocycles. The van der Waals surface area contributed by atoms with Crippen molar-refractivity contribution in [3.63, 3.8) is 0 Å². The van der Waals surface area contributed by atoms with Crippen molar-refractivity contribution in [1.29, 1.82) is 0 Å². The molecule has 1 saturated heterocycles. The third kappa shape index (κ3) is 4.44. The van der Waals surface area contributed by atoms with Crippen LogP contribution in [-0.2, 0) is 6.54 Å². The van der Waals surface area contributed by atoms with Crippen LogP contribution < -0.4 is 10.2 Å². The highest BCUT2D eigenvalue weighted by atomic mass is 35.5. The summed E-state index contributed by atoms with van der Waals surface area (Å²) < 4.78 is 0. The average Bonchev–Trinajstić information content (AvgIpc) is 3.28. The Kier molecular flexibility index (Phi) is 6.00. The molecule has 164 valence electrons. The molecule has 4 heterocycles. The van der Waals surface area contributed by atoms with E-state index >= 15 is 0 Å². The average molecular weight is 467 g/mol. The molecule has 1 N–H and O–H groups in total. The zero-order valence-corrected chi connectivity index (χ0v) is 19.3. The number of hydrogen-bond donors (Lipinski definition) is 1. The Bertz CT molecular complexity index is 1130. The molecule has 2 aromatic rings. The number of halogens is 2. The Morgan fingerprint density at radius 2 is 1.94 bits per heavy atom. The fourth-order valence-corrected chi connectivity index (χ4v) is 4.50. The zero-order valence-electron chi connectivity index (χ0n) is 17.8. The number of likely N-dealkylation sites (N-methyl/N-ethyl adjacent to an activating group) is 1. The van der Waals surface area contributed by atoms with Gasteiger partial charge in [0, 0.05) is 66.4 Å². The molecule has 0 bridgehead atoms. The van der Waals surface area contributed by atoms with Crippen molar-refractivity contribution in [1.82, 2.24) is 15.2 Å². The third-order valence-corrected chi connectivity index (χ3v) is 6.55. The van der Waals surface area contributed by atoms with Crippen molar-refractivity contribution in [2.75, 3.05) is 38.1 Å². The highest BCUT2D eigenvalue weighted by Crippen LogP contribution is 2.27. The largest absolute Gasteiger partial charge is 0.382 e. The van der Waals surface area contributed by atoms with E-state index in [1.165, 1.54) is 0 Å². The van der Waals surface area contributed by atoms with Crippen LogP contribution in [0, 0.1) is 0 Å². The fourth-order valence-electron chi connectivity index (χ4n) is 4.03. The summed E-state index contributed by atoms with van der Waals surface area (Å²) in [6.07, 6.45) is 7.74. The van der Waals surface area contributed by atoms with Crippen LogP contribution in [0.3, 0.4) is 0 Å². The van der Waals surface area contributed by atoms with Crippen molar-refractivity contribution < 1.29 is 0 Å². The first kappa shape index (κ1) is 21.2. The van der Waals surface area contributed by atoms with Crippen molar-refractivity contribution in [3.8, 4) is 0 Å². The monoisotopic (exact) mass is 466 g/mol. The summed E-state index contributed by atoms with van der Waals surface area (Å²) >= 11 is 12.4. The molecule has 5 rings (SSSR count). The summed E-state index contributed by atoms with van der Waals surface area (Å²) in [7, 11) is 2.16. The molecule has 1 aromatic heterocycles. The molecule has 1 atom stereocenters. The van der Waals surface area contributed by atoms with Crippen molar-refractivity contribution in [2.45, 2.75) is 12.6 Å². The summed E-state index contributed by atoms with van der Waals surface area (Å²) in [5, 5.41) is 4.77. The van der Waals surface area contributed by atoms with Crippen molar-refractivity contribution >= 4 is 40.9 Å². The molecule has 0 unspecified atom stereocenters. The van der Waals surface area contributed by atoms with Gasteiger partial charge in [0.1, 0.15) is 11.9 Å². The molecule has 0 amide bonds. The van der Waals surface area contributed by atoms with Gasteiger partial charge in [-0.25, -0.2) is 9.98 Å². The van der Waals surface area contributed by atoms with Gasteiger partial charge in [0.25, 0.3) is 0 Å². The van der Waals surface area contributed by atoms with Gasteiger partial charge in [-0.3, -0.25) is 4.99 Å². The molecular formula is C24H24Cl2N6. The summed E-state index contributed by atoms with van der Waals surface area (Å²) in [5.74, 6) is 1.01. The van der Waals surface area contributed by atoms with Crippen molar-refractivity contribution in [3.05, 3.63) is 81.2 Å². The van der Waals surface area contributed by atoms with Gasteiger partial charge in [0.05, 0.1) is 11.4 Å². The normalized spacial score (nSPS) is 20.5. The standard InChI is InChI=1S/C24H24Cl2N6/c1-31-8-10-32(11-9-31)23-5-3-17(15-29-23)21-13-22(24-20(30-21)6-7-27-24)28-14-16-2-4-18(25)12-19(16)26/h2-7,12-13,15,24,28H,8-11,14H2,1H3/t24-/m0/s1. The minimum atomic E-state index is -0.109. The second kappa shape index (κ2) is 9.06. The van der Waals surface area contributed by atoms with Gasteiger partial charge in [0.15, 0.2) is 0 Å². The van der Waals surface area contributed by atoms with Crippen LogP contribution in [-0.4, -0.2) is 61.1 Å². The lowest BCUT2D eigenvalue weighted by molar-refractivity contribution is 0.312. The number of aliphatic imine (C=N–C) groups is 2. The van der Waals surface area contributed by atoms with Crippen LogP contribution in [0.4, 0.5) is 5.82 Å². The van der Waals surface area contributed by atoms with E-state index in [1.807, 2.05) is 30.6 Å². The first-order chi connectivity index (χ1) is 15.6. The lowest BCUT2D eigenvalue weighted by Gasteiger charge is -2.33. The van der Waals surface area contributed by atoms with E-state index in [4.69, 9.17) is 33.2 Å². The van der Waals surface area contributed by atoms with Gasteiger partial charge in [-0.2, -0.15) is 0 Å². The smallest absolute Gasteiger partial charge is 0.131 e. The molecule has 0 spiro atoms. The first-order valence-electron chi connectivity index (χ1n) is 10.7. The first-order valence-corrected chi connectivity index (χ1v) is 11.4. The predicted molar refractivity (Wildman–Crippen MR) is 132 cm³/mol. The molecule has 1 aromatic carbocycles. The van der Waals surface area contributed by atoms with Gasteiger partial charge in [0.2, 0.25) is 0 Å². The second-order valence-corrected chi connectivity index (χ2v) is 9.02. The number of pyridine rings is 1. The summed E-state index contributed by atoms with van der Waals surface area (Å²) in [6.45, 7) is 4.69. The number of dihydropyridines is 1. The fraction of sp³-hybridized carbons (Fsp3) is 0.292. The maximum Gasteiger partial charge on any atom is 0.131 e. The van der Waals surface area contributed by atoms with E-state index in [0.717, 1.165) is 60.2 Å². The molecule has 32 heavy (non-hydrogen) atoms. The number of aromatic nitrogens is 1. The molecule has 0 radical (unpaired) electrons. The number of anilines is 1. The second-order valence-electron chi connectivity index (χ2n) is 8.17. The summed E-state index contributed by atoms with van der Waals surface area (Å²) in [6, 6.07) is 9.62. The SMILES string of the molecule is CN1CCN(c2ccc(C3=NC4=CC=N[C@@H]4C(NCc4ccc(Cl)cc4Cl)=C3)cn2)CC1. The Morgan fingerprint density at radius 1 is 1.09 bits per heavy atom. The number of hydrogen-bond acceptors (Lipinski definition) is 6. The number of rotatable bonds is 5. The summed E-state index contributed by atoms with van der Waals surface area (Å²) in [4.78, 5) is 18.8. The molecule has 0 aliphatic carbocycles. The minimum absolute atomic E-state index is 0.109. The van der Waals surface area contributed by atoms with E-state index in [2.05, 4.69) is 45.4 Å². The van der Waals surface area contributed by atoms with Gasteiger partial charge in [-0.05, 0) is 49.0 Å². The Hall–Kier alpha value is -2.67. The number of nitrogens with zero attached hydrogens (tertiary/aromatic N) is 5. The molecule has 3 aliphatic rings. The van der Waals surface area contributed by atoms with E-state index in [-0.39, 0.29) is 6.04 Å². The van der Waals surface area contributed by atoms with E-state index < -0.39 is 0 Å². The number of piperazine rings is 1. The highest BCUT2D eigenvalue weighted by molar-refractivity contribution is 6.35. The minimum Gasteiger partial charge on any atom is -0.382 e. The maximum atomic E-state index is 6.35. The van der Waals surface area contributed by atoms with E-state index in [9.17, 15) is 0 Å². The Balaban J connectivity index is 1.35. The number of benzene rings is 1. The molecule has 6 nitrogen and oxygen atoms in total. The highest BCUT2D eigenvalue weighted by Gasteiger charge is 2.26. The number of allylic oxidation sites excluding steroid dienone is 2. The van der Waals surface area contributed by atoms with Crippen LogP contribution in [0.1, 0.15) is 11.1 Å². The quantitative estimate of drug-likeness (QED) is 0.724. The summed E-state index contributed by atoms with van der Waals surface area (Å²) in [5.41, 5.74) is 4.75. The number of nitrogens with one attached hydrogen (secondary N) is 1. The van der Waals surface area contributed by atoms with Gasteiger partial charge < -0.3 is 15.1 Å². The van der Waals surface area contributed by atoms with Gasteiger partial charge in [-0.1, -0.05) is 29.3 Å². The zero-order chi connectivity index (χ0) is 22.1. The van der Waals surface area contributed by atoms with Gasteiger partial charge in [-0.15, -0.1) is 0 Å². The third-order valence-electron chi connectivity index (χ3n) is 5.97. The maximum absolute atomic E-state index is 6.35. The predicted octanol–water partition coefficient (Wildman–Crippen LogP) is 3.95. The molecule has 1 fully saturated rings.